The van der Waals surface area contributed by atoms with Crippen LogP contribution in [0.4, 0.5) is 10.2 Å². The fraction of sp³-hybridized carbons (Fsp3) is 0. The number of benzene rings is 1. The molecule has 0 aliphatic heterocycles. The summed E-state index contributed by atoms with van der Waals surface area (Å²) in [5.74, 6) is -0.453. The average Bonchev–Trinajstić information content (AvgIpc) is 2.42. The van der Waals surface area contributed by atoms with Crippen molar-refractivity contribution in [3.05, 3.63) is 46.9 Å². The van der Waals surface area contributed by atoms with Crippen LogP contribution in [0.3, 0.4) is 0 Å². The van der Waals surface area contributed by atoms with Crippen molar-refractivity contribution in [2.24, 2.45) is 0 Å². The highest BCUT2D eigenvalue weighted by Crippen LogP contribution is 2.33. The van der Waals surface area contributed by atoms with Gasteiger partial charge in [0, 0.05) is 33.4 Å². The van der Waals surface area contributed by atoms with Crippen LogP contribution in [0.5, 0.6) is 5.88 Å². The molecule has 0 aliphatic rings. The lowest BCUT2D eigenvalue weighted by Gasteiger charge is -2.09. The Labute approximate surface area is 122 Å². The fourth-order valence-electron chi connectivity index (χ4n) is 2.05. The van der Waals surface area contributed by atoms with Gasteiger partial charge in [0.05, 0.1) is 0 Å². The minimum absolute atomic E-state index is 0.201. The summed E-state index contributed by atoms with van der Waals surface area (Å²) in [4.78, 5) is 7.72. The standard InChI is InChI=1S/C14H9BrFN3O/c15-8-4-11(13(17)19-6-8)10-3-7-1-2-18-14(20)9(7)5-12(10)16/h1-6H,(H2,17,19)(H,18,20). The van der Waals surface area contributed by atoms with Gasteiger partial charge in [0.1, 0.15) is 11.6 Å². The predicted molar refractivity (Wildman–Crippen MR) is 78.7 cm³/mol. The molecule has 2 heterocycles. The Balaban J connectivity index is 2.31. The number of rotatable bonds is 1. The maximum absolute atomic E-state index is 14.3. The van der Waals surface area contributed by atoms with Crippen molar-refractivity contribution in [3.63, 3.8) is 0 Å². The van der Waals surface area contributed by atoms with Gasteiger partial charge in [0.25, 0.3) is 0 Å². The number of aromatic nitrogens is 2. The number of nitrogens with zero attached hydrogens (tertiary/aromatic N) is 2. The Morgan fingerprint density at radius 2 is 1.95 bits per heavy atom. The molecule has 0 saturated carbocycles. The predicted octanol–water partition coefficient (Wildman–Crippen LogP) is 3.49. The third kappa shape index (κ3) is 2.08. The van der Waals surface area contributed by atoms with Gasteiger partial charge in [-0.25, -0.2) is 14.4 Å². The lowest BCUT2D eigenvalue weighted by Crippen LogP contribution is -1.96. The molecule has 0 atom stereocenters. The molecule has 0 saturated heterocycles. The van der Waals surface area contributed by atoms with Crippen molar-refractivity contribution >= 4 is 32.5 Å². The minimum atomic E-state index is -0.493. The lowest BCUT2D eigenvalue weighted by molar-refractivity contribution is 0.460. The number of fused-ring (bicyclic) bond motifs is 1. The molecule has 0 bridgehead atoms. The molecular formula is C14H9BrFN3O. The fourth-order valence-corrected chi connectivity index (χ4v) is 2.38. The second-order valence-corrected chi connectivity index (χ2v) is 5.19. The van der Waals surface area contributed by atoms with Crippen LogP contribution >= 0.6 is 15.9 Å². The Bertz CT molecular complexity index is 823. The van der Waals surface area contributed by atoms with Gasteiger partial charge in [0.2, 0.25) is 5.88 Å². The summed E-state index contributed by atoms with van der Waals surface area (Å²) in [6.07, 6.45) is 3.01. The van der Waals surface area contributed by atoms with Crippen molar-refractivity contribution < 1.29 is 9.50 Å². The van der Waals surface area contributed by atoms with Crippen LogP contribution in [0.15, 0.2) is 41.1 Å². The first-order chi connectivity index (χ1) is 9.56. The van der Waals surface area contributed by atoms with Crippen molar-refractivity contribution in [2.45, 2.75) is 0 Å². The Morgan fingerprint density at radius 1 is 1.15 bits per heavy atom. The molecule has 0 amide bonds. The van der Waals surface area contributed by atoms with E-state index < -0.39 is 5.82 Å². The number of halogens is 2. The number of nitrogen functional groups attached to an aromatic ring is 1. The van der Waals surface area contributed by atoms with Crippen LogP contribution in [0.25, 0.3) is 21.9 Å². The molecular weight excluding hydrogens is 325 g/mol. The van der Waals surface area contributed by atoms with E-state index in [0.717, 1.165) is 0 Å². The summed E-state index contributed by atoms with van der Waals surface area (Å²) in [5.41, 5.74) is 6.63. The molecule has 4 nitrogen and oxygen atoms in total. The van der Waals surface area contributed by atoms with E-state index in [1.807, 2.05) is 0 Å². The van der Waals surface area contributed by atoms with Gasteiger partial charge < -0.3 is 10.8 Å². The van der Waals surface area contributed by atoms with E-state index in [0.29, 0.717) is 26.4 Å². The zero-order valence-corrected chi connectivity index (χ0v) is 11.7. The van der Waals surface area contributed by atoms with Crippen molar-refractivity contribution in [3.8, 4) is 17.0 Å². The molecule has 3 N–H and O–H groups in total. The number of hydrogen-bond acceptors (Lipinski definition) is 4. The Hall–Kier alpha value is -2.21. The molecule has 3 aromatic rings. The van der Waals surface area contributed by atoms with Crippen LogP contribution in [0.2, 0.25) is 0 Å². The van der Waals surface area contributed by atoms with Gasteiger partial charge in [-0.3, -0.25) is 0 Å². The molecule has 100 valence electrons. The van der Waals surface area contributed by atoms with E-state index in [1.54, 1.807) is 24.4 Å². The first-order valence-electron chi connectivity index (χ1n) is 5.75. The molecule has 1 aromatic carbocycles. The van der Waals surface area contributed by atoms with Crippen LogP contribution in [-0.4, -0.2) is 15.1 Å². The molecule has 0 aliphatic carbocycles. The van der Waals surface area contributed by atoms with Crippen molar-refractivity contribution in [1.82, 2.24) is 9.97 Å². The number of nitrogens with two attached hydrogens (primary N) is 1. The second kappa shape index (κ2) is 4.72. The number of aromatic hydroxyl groups is 1. The van der Waals surface area contributed by atoms with Gasteiger partial charge in [0.15, 0.2) is 0 Å². The third-order valence-corrected chi connectivity index (χ3v) is 3.44. The van der Waals surface area contributed by atoms with Crippen LogP contribution in [0.1, 0.15) is 0 Å². The minimum Gasteiger partial charge on any atom is -0.493 e. The first kappa shape index (κ1) is 12.8. The SMILES string of the molecule is Nc1ncc(Br)cc1-c1cc2ccnc(O)c2cc1F. The third-order valence-electron chi connectivity index (χ3n) is 3.01. The lowest BCUT2D eigenvalue weighted by atomic mass is 10.0. The molecule has 20 heavy (non-hydrogen) atoms. The van der Waals surface area contributed by atoms with E-state index in [-0.39, 0.29) is 11.7 Å². The van der Waals surface area contributed by atoms with Crippen molar-refractivity contribution in [1.29, 1.82) is 0 Å². The maximum Gasteiger partial charge on any atom is 0.218 e. The summed E-state index contributed by atoms with van der Waals surface area (Å²) < 4.78 is 15.0. The summed E-state index contributed by atoms with van der Waals surface area (Å²) >= 11 is 3.29. The molecule has 0 spiro atoms. The van der Waals surface area contributed by atoms with E-state index in [4.69, 9.17) is 5.73 Å². The summed E-state index contributed by atoms with van der Waals surface area (Å²) in [6, 6.07) is 6.26. The molecule has 2 aromatic heterocycles. The average molecular weight is 334 g/mol. The number of anilines is 1. The highest BCUT2D eigenvalue weighted by Gasteiger charge is 2.13. The van der Waals surface area contributed by atoms with Gasteiger partial charge in [-0.1, -0.05) is 0 Å². The molecule has 0 fully saturated rings. The zero-order valence-electron chi connectivity index (χ0n) is 10.1. The quantitative estimate of drug-likeness (QED) is 0.715. The summed E-state index contributed by atoms with van der Waals surface area (Å²) in [7, 11) is 0. The van der Waals surface area contributed by atoms with E-state index in [9.17, 15) is 9.50 Å². The van der Waals surface area contributed by atoms with E-state index >= 15 is 0 Å². The van der Waals surface area contributed by atoms with Gasteiger partial charge in [-0.05, 0) is 45.6 Å². The highest BCUT2D eigenvalue weighted by molar-refractivity contribution is 9.10. The first-order valence-corrected chi connectivity index (χ1v) is 6.54. The molecule has 6 heteroatoms. The smallest absolute Gasteiger partial charge is 0.218 e. The van der Waals surface area contributed by atoms with E-state index in [1.165, 1.54) is 12.3 Å². The molecule has 0 unspecified atom stereocenters. The van der Waals surface area contributed by atoms with Gasteiger partial charge in [-0.2, -0.15) is 0 Å². The van der Waals surface area contributed by atoms with E-state index in [2.05, 4.69) is 25.9 Å². The maximum atomic E-state index is 14.3. The van der Waals surface area contributed by atoms with Gasteiger partial charge >= 0.3 is 0 Å². The number of hydrogen-bond donors (Lipinski definition) is 2. The summed E-state index contributed by atoms with van der Waals surface area (Å²) in [5, 5.41) is 10.7. The Kier molecular flexibility index (Phi) is 3.02. The largest absolute Gasteiger partial charge is 0.493 e. The molecule has 0 radical (unpaired) electrons. The zero-order chi connectivity index (χ0) is 14.3. The molecule has 3 rings (SSSR count). The summed E-state index contributed by atoms with van der Waals surface area (Å²) in [6.45, 7) is 0. The highest BCUT2D eigenvalue weighted by atomic mass is 79.9. The van der Waals surface area contributed by atoms with Gasteiger partial charge in [-0.15, -0.1) is 0 Å². The normalized spacial score (nSPS) is 10.9. The number of pyridine rings is 2. The monoisotopic (exact) mass is 333 g/mol. The van der Waals surface area contributed by atoms with Crippen LogP contribution in [0, 0.1) is 5.82 Å². The Morgan fingerprint density at radius 3 is 2.75 bits per heavy atom. The second-order valence-electron chi connectivity index (χ2n) is 4.27. The van der Waals surface area contributed by atoms with Crippen molar-refractivity contribution in [2.75, 3.05) is 5.73 Å². The van der Waals surface area contributed by atoms with Crippen LogP contribution < -0.4 is 5.73 Å². The topological polar surface area (TPSA) is 72.0 Å². The van der Waals surface area contributed by atoms with Crippen LogP contribution in [-0.2, 0) is 0 Å².